The van der Waals surface area contributed by atoms with Gasteiger partial charge >= 0.3 is 5.97 Å². The molecule has 1 aromatic carbocycles. The first-order valence-corrected chi connectivity index (χ1v) is 4.74. The third-order valence-corrected chi connectivity index (χ3v) is 2.03. The predicted octanol–water partition coefficient (Wildman–Crippen LogP) is 2.76. The highest BCUT2D eigenvalue weighted by Crippen LogP contribution is 2.11. The lowest BCUT2D eigenvalue weighted by Crippen LogP contribution is -1.95. The normalized spacial score (nSPS) is 10.3. The second-order valence-electron chi connectivity index (χ2n) is 3.38. The monoisotopic (exact) mass is 214 g/mol. The van der Waals surface area contributed by atoms with Crippen molar-refractivity contribution < 1.29 is 18.7 Å². The van der Waals surface area contributed by atoms with Gasteiger partial charge in [-0.15, -0.1) is 0 Å². The number of carboxylic acid groups (broad SMARTS) is 1. The lowest BCUT2D eigenvalue weighted by molar-refractivity contribution is -0.137. The van der Waals surface area contributed by atoms with Crippen molar-refractivity contribution in [1.29, 1.82) is 0 Å². The van der Waals surface area contributed by atoms with E-state index >= 15 is 0 Å². The van der Waals surface area contributed by atoms with Gasteiger partial charge in [-0.05, 0) is 37.0 Å². The first kappa shape index (κ1) is 11.6. The summed E-state index contributed by atoms with van der Waals surface area (Å²) in [6, 6.07) is 3.36. The molecular formula is C11H12F2O2. The predicted molar refractivity (Wildman–Crippen MR) is 51.5 cm³/mol. The number of carboxylic acids is 1. The van der Waals surface area contributed by atoms with E-state index in [1.807, 2.05) is 0 Å². The Balaban J connectivity index is 2.40. The van der Waals surface area contributed by atoms with Crippen LogP contribution < -0.4 is 0 Å². The Morgan fingerprint density at radius 3 is 2.27 bits per heavy atom. The summed E-state index contributed by atoms with van der Waals surface area (Å²) in [4.78, 5) is 10.2. The van der Waals surface area contributed by atoms with E-state index < -0.39 is 17.6 Å². The van der Waals surface area contributed by atoms with Crippen molar-refractivity contribution in [1.82, 2.24) is 0 Å². The molecule has 0 radical (unpaired) electrons. The van der Waals surface area contributed by atoms with E-state index in [4.69, 9.17) is 5.11 Å². The topological polar surface area (TPSA) is 37.3 Å². The average Bonchev–Trinajstić information content (AvgIpc) is 2.10. The molecule has 15 heavy (non-hydrogen) atoms. The molecule has 0 aliphatic heterocycles. The van der Waals surface area contributed by atoms with Crippen LogP contribution in [0.1, 0.15) is 24.8 Å². The van der Waals surface area contributed by atoms with Crippen LogP contribution in [-0.4, -0.2) is 11.1 Å². The van der Waals surface area contributed by atoms with Gasteiger partial charge in [0, 0.05) is 12.5 Å². The van der Waals surface area contributed by atoms with E-state index in [0.29, 0.717) is 24.8 Å². The van der Waals surface area contributed by atoms with Gasteiger partial charge in [-0.25, -0.2) is 8.78 Å². The molecule has 1 aromatic rings. The lowest BCUT2D eigenvalue weighted by Gasteiger charge is -2.01. The zero-order valence-electron chi connectivity index (χ0n) is 8.17. The van der Waals surface area contributed by atoms with Crippen LogP contribution >= 0.6 is 0 Å². The Morgan fingerprint density at radius 2 is 1.73 bits per heavy atom. The Bertz CT molecular complexity index is 330. The van der Waals surface area contributed by atoms with Crippen molar-refractivity contribution >= 4 is 5.97 Å². The molecule has 0 saturated heterocycles. The van der Waals surface area contributed by atoms with Crippen molar-refractivity contribution in [2.75, 3.05) is 0 Å². The van der Waals surface area contributed by atoms with Crippen molar-refractivity contribution in [2.24, 2.45) is 0 Å². The number of aliphatic carboxylic acids is 1. The zero-order chi connectivity index (χ0) is 11.3. The summed E-state index contributed by atoms with van der Waals surface area (Å²) in [5, 5.41) is 8.38. The molecule has 0 bridgehead atoms. The molecule has 1 rings (SSSR count). The fourth-order valence-electron chi connectivity index (χ4n) is 1.36. The van der Waals surface area contributed by atoms with Gasteiger partial charge in [0.25, 0.3) is 0 Å². The Morgan fingerprint density at radius 1 is 1.13 bits per heavy atom. The largest absolute Gasteiger partial charge is 0.481 e. The van der Waals surface area contributed by atoms with Crippen LogP contribution in [0.25, 0.3) is 0 Å². The van der Waals surface area contributed by atoms with Crippen LogP contribution in [0.2, 0.25) is 0 Å². The molecule has 4 heteroatoms. The first-order valence-electron chi connectivity index (χ1n) is 4.74. The summed E-state index contributed by atoms with van der Waals surface area (Å²) in [7, 11) is 0. The average molecular weight is 214 g/mol. The summed E-state index contributed by atoms with van der Waals surface area (Å²) in [5.74, 6) is -2.04. The van der Waals surface area contributed by atoms with Gasteiger partial charge in [0.2, 0.25) is 0 Å². The molecule has 0 fully saturated rings. The third kappa shape index (κ3) is 4.54. The minimum atomic E-state index is -0.847. The van der Waals surface area contributed by atoms with E-state index in [2.05, 4.69) is 0 Å². The number of unbranched alkanes of at least 4 members (excludes halogenated alkanes) is 1. The minimum Gasteiger partial charge on any atom is -0.481 e. The summed E-state index contributed by atoms with van der Waals surface area (Å²) in [6.45, 7) is 0. The smallest absolute Gasteiger partial charge is 0.303 e. The molecule has 2 nitrogen and oxygen atoms in total. The highest BCUT2D eigenvalue weighted by atomic mass is 19.1. The molecule has 0 saturated carbocycles. The van der Waals surface area contributed by atoms with E-state index in [9.17, 15) is 13.6 Å². The number of carbonyl (C=O) groups is 1. The summed E-state index contributed by atoms with van der Waals surface area (Å²) in [6.07, 6.45) is 1.74. The number of hydrogen-bond donors (Lipinski definition) is 1. The van der Waals surface area contributed by atoms with Crippen molar-refractivity contribution in [2.45, 2.75) is 25.7 Å². The van der Waals surface area contributed by atoms with Gasteiger partial charge < -0.3 is 5.11 Å². The second-order valence-corrected chi connectivity index (χ2v) is 3.38. The number of hydrogen-bond acceptors (Lipinski definition) is 1. The van der Waals surface area contributed by atoms with E-state index in [0.717, 1.165) is 6.07 Å². The van der Waals surface area contributed by atoms with Crippen LogP contribution in [0, 0.1) is 11.6 Å². The fourth-order valence-corrected chi connectivity index (χ4v) is 1.36. The molecule has 0 aliphatic carbocycles. The van der Waals surface area contributed by atoms with Gasteiger partial charge in [0.15, 0.2) is 0 Å². The molecule has 0 spiro atoms. The number of benzene rings is 1. The maximum atomic E-state index is 12.7. The molecular weight excluding hydrogens is 202 g/mol. The van der Waals surface area contributed by atoms with Gasteiger partial charge in [-0.3, -0.25) is 4.79 Å². The van der Waals surface area contributed by atoms with Crippen LogP contribution in [0.4, 0.5) is 8.78 Å². The maximum Gasteiger partial charge on any atom is 0.303 e. The highest BCUT2D eigenvalue weighted by Gasteiger charge is 2.01. The summed E-state index contributed by atoms with van der Waals surface area (Å²) in [5.41, 5.74) is 0.567. The lowest BCUT2D eigenvalue weighted by atomic mass is 10.1. The van der Waals surface area contributed by atoms with Crippen molar-refractivity contribution in [3.8, 4) is 0 Å². The molecule has 0 aliphatic rings. The molecule has 82 valence electrons. The maximum absolute atomic E-state index is 12.7. The third-order valence-electron chi connectivity index (χ3n) is 2.03. The molecule has 1 N–H and O–H groups in total. The van der Waals surface area contributed by atoms with Gasteiger partial charge in [-0.1, -0.05) is 0 Å². The van der Waals surface area contributed by atoms with Crippen molar-refractivity contribution in [3.05, 3.63) is 35.4 Å². The summed E-state index contributed by atoms with van der Waals surface area (Å²) < 4.78 is 25.5. The standard InChI is InChI=1S/C11H12F2O2/c12-9-5-8(6-10(13)7-9)3-1-2-4-11(14)15/h5-7H,1-4H2,(H,14,15). The first-order chi connectivity index (χ1) is 7.08. The minimum absolute atomic E-state index is 0.0950. The van der Waals surface area contributed by atoms with E-state index in [1.165, 1.54) is 12.1 Å². The molecule has 0 atom stereocenters. The van der Waals surface area contributed by atoms with Crippen LogP contribution in [0.3, 0.4) is 0 Å². The van der Waals surface area contributed by atoms with Crippen LogP contribution in [0.5, 0.6) is 0 Å². The van der Waals surface area contributed by atoms with Crippen LogP contribution in [-0.2, 0) is 11.2 Å². The SMILES string of the molecule is O=C(O)CCCCc1cc(F)cc(F)c1. The van der Waals surface area contributed by atoms with E-state index in [-0.39, 0.29) is 6.42 Å². The Labute approximate surface area is 86.5 Å². The molecule has 0 aromatic heterocycles. The Kier molecular flexibility index (Phi) is 4.21. The van der Waals surface area contributed by atoms with Gasteiger partial charge in [-0.2, -0.15) is 0 Å². The van der Waals surface area contributed by atoms with Gasteiger partial charge in [0.05, 0.1) is 0 Å². The number of rotatable bonds is 5. The molecule has 0 amide bonds. The second kappa shape index (κ2) is 5.44. The molecule has 0 unspecified atom stereocenters. The van der Waals surface area contributed by atoms with E-state index in [1.54, 1.807) is 0 Å². The summed E-state index contributed by atoms with van der Waals surface area (Å²) >= 11 is 0. The number of aryl methyl sites for hydroxylation is 1. The highest BCUT2D eigenvalue weighted by molar-refractivity contribution is 5.66. The number of halogens is 2. The molecule has 0 heterocycles. The Hall–Kier alpha value is -1.45. The van der Waals surface area contributed by atoms with Crippen molar-refractivity contribution in [3.63, 3.8) is 0 Å². The van der Waals surface area contributed by atoms with Crippen LogP contribution in [0.15, 0.2) is 18.2 Å². The zero-order valence-corrected chi connectivity index (χ0v) is 8.17. The van der Waals surface area contributed by atoms with Gasteiger partial charge in [0.1, 0.15) is 11.6 Å². The quantitative estimate of drug-likeness (QED) is 0.765. The fraction of sp³-hybridized carbons (Fsp3) is 0.364.